The minimum Gasteiger partial charge on any atom is -0.316 e. The molecule has 2 aliphatic heterocycles. The Balaban J connectivity index is 1.69. The first-order valence-electron chi connectivity index (χ1n) is 5.09. The lowest BCUT2D eigenvalue weighted by atomic mass is 10.1. The molecule has 1 atom stereocenters. The quantitative estimate of drug-likeness (QED) is 0.583. The van der Waals surface area contributed by atoms with Crippen LogP contribution in [0, 0.1) is 5.92 Å². The van der Waals surface area contributed by atoms with Gasteiger partial charge in [-0.1, -0.05) is 0 Å². The van der Waals surface area contributed by atoms with Crippen LogP contribution in [-0.2, 0) is 0 Å². The lowest BCUT2D eigenvalue weighted by molar-refractivity contribution is 0.211. The molecule has 0 aliphatic carbocycles. The van der Waals surface area contributed by atoms with Crippen molar-refractivity contribution in [1.82, 2.24) is 15.5 Å². The van der Waals surface area contributed by atoms with Crippen LogP contribution in [-0.4, -0.2) is 50.7 Å². The molecule has 0 spiro atoms. The summed E-state index contributed by atoms with van der Waals surface area (Å²) in [4.78, 5) is 2.59. The van der Waals surface area contributed by atoms with Crippen LogP contribution in [0.15, 0.2) is 0 Å². The Morgan fingerprint density at radius 3 is 2.58 bits per heavy atom. The Hall–Kier alpha value is -0.120. The Kier molecular flexibility index (Phi) is 2.98. The second-order valence-corrected chi connectivity index (χ2v) is 3.91. The van der Waals surface area contributed by atoms with E-state index in [-0.39, 0.29) is 0 Å². The molecule has 2 fully saturated rings. The summed E-state index contributed by atoms with van der Waals surface area (Å²) in [7, 11) is 0. The zero-order valence-corrected chi connectivity index (χ0v) is 7.68. The van der Waals surface area contributed by atoms with Crippen LogP contribution in [0.2, 0.25) is 0 Å². The van der Waals surface area contributed by atoms with Crippen molar-refractivity contribution in [3.8, 4) is 0 Å². The lowest BCUT2D eigenvalue weighted by Gasteiger charge is -2.29. The fraction of sp³-hybridized carbons (Fsp3) is 1.00. The minimum atomic E-state index is 0.920. The molecule has 3 heteroatoms. The molecular weight excluding hydrogens is 150 g/mol. The average Bonchev–Trinajstić information content (AvgIpc) is 2.59. The lowest BCUT2D eigenvalue weighted by Crippen LogP contribution is -2.45. The van der Waals surface area contributed by atoms with E-state index in [0.717, 1.165) is 5.92 Å². The highest BCUT2D eigenvalue weighted by atomic mass is 15.2. The van der Waals surface area contributed by atoms with Gasteiger partial charge in [0.15, 0.2) is 0 Å². The topological polar surface area (TPSA) is 27.3 Å². The largest absolute Gasteiger partial charge is 0.316 e. The van der Waals surface area contributed by atoms with Gasteiger partial charge in [0.1, 0.15) is 0 Å². The van der Waals surface area contributed by atoms with Gasteiger partial charge in [-0.15, -0.1) is 0 Å². The van der Waals surface area contributed by atoms with Crippen LogP contribution in [0.1, 0.15) is 6.42 Å². The van der Waals surface area contributed by atoms with Crippen LogP contribution in [0.4, 0.5) is 0 Å². The molecule has 2 rings (SSSR count). The SMILES string of the molecule is C1CN(C[C@H]2CCNC2)CCN1. The van der Waals surface area contributed by atoms with Crippen LogP contribution in [0.5, 0.6) is 0 Å². The minimum absolute atomic E-state index is 0.920. The first kappa shape index (κ1) is 8.48. The molecule has 0 amide bonds. The van der Waals surface area contributed by atoms with Gasteiger partial charge in [-0.2, -0.15) is 0 Å². The van der Waals surface area contributed by atoms with Crippen molar-refractivity contribution in [3.05, 3.63) is 0 Å². The van der Waals surface area contributed by atoms with E-state index in [1.54, 1.807) is 0 Å². The normalized spacial score (nSPS) is 32.5. The molecule has 0 saturated carbocycles. The van der Waals surface area contributed by atoms with Gasteiger partial charge >= 0.3 is 0 Å². The van der Waals surface area contributed by atoms with Crippen molar-refractivity contribution in [2.45, 2.75) is 6.42 Å². The van der Waals surface area contributed by atoms with Crippen molar-refractivity contribution in [1.29, 1.82) is 0 Å². The van der Waals surface area contributed by atoms with Crippen molar-refractivity contribution < 1.29 is 0 Å². The second kappa shape index (κ2) is 4.21. The first-order chi connectivity index (χ1) is 5.95. The van der Waals surface area contributed by atoms with Gasteiger partial charge in [0, 0.05) is 32.7 Å². The number of hydrogen-bond donors (Lipinski definition) is 2. The molecule has 70 valence electrons. The Morgan fingerprint density at radius 1 is 1.08 bits per heavy atom. The van der Waals surface area contributed by atoms with E-state index in [9.17, 15) is 0 Å². The summed E-state index contributed by atoms with van der Waals surface area (Å²) in [5.41, 5.74) is 0. The molecule has 0 bridgehead atoms. The zero-order valence-electron chi connectivity index (χ0n) is 7.68. The number of piperazine rings is 1. The molecule has 2 saturated heterocycles. The molecule has 2 heterocycles. The maximum atomic E-state index is 3.42. The average molecular weight is 169 g/mol. The van der Waals surface area contributed by atoms with Gasteiger partial charge in [0.05, 0.1) is 0 Å². The van der Waals surface area contributed by atoms with E-state index in [0.29, 0.717) is 0 Å². The Labute approximate surface area is 74.5 Å². The van der Waals surface area contributed by atoms with E-state index in [1.807, 2.05) is 0 Å². The molecule has 3 nitrogen and oxygen atoms in total. The second-order valence-electron chi connectivity index (χ2n) is 3.91. The van der Waals surface area contributed by atoms with Crippen LogP contribution < -0.4 is 10.6 Å². The third kappa shape index (κ3) is 2.19. The molecule has 0 radical (unpaired) electrons. The predicted octanol–water partition coefficient (Wildman–Crippen LogP) is -0.499. The summed E-state index contributed by atoms with van der Waals surface area (Å²) in [6.45, 7) is 8.64. The molecular formula is C9H19N3. The smallest absolute Gasteiger partial charge is 0.0107 e. The van der Waals surface area contributed by atoms with Crippen molar-refractivity contribution in [3.63, 3.8) is 0 Å². The van der Waals surface area contributed by atoms with Crippen molar-refractivity contribution in [2.24, 2.45) is 5.92 Å². The summed E-state index contributed by atoms with van der Waals surface area (Å²) in [5, 5.41) is 6.80. The van der Waals surface area contributed by atoms with Gasteiger partial charge in [0.25, 0.3) is 0 Å². The van der Waals surface area contributed by atoms with E-state index >= 15 is 0 Å². The van der Waals surface area contributed by atoms with Gasteiger partial charge < -0.3 is 15.5 Å². The maximum Gasteiger partial charge on any atom is 0.0107 e. The Bertz CT molecular complexity index is 126. The van der Waals surface area contributed by atoms with E-state index in [1.165, 1.54) is 52.2 Å². The Morgan fingerprint density at radius 2 is 1.92 bits per heavy atom. The van der Waals surface area contributed by atoms with E-state index in [2.05, 4.69) is 15.5 Å². The highest BCUT2D eigenvalue weighted by Gasteiger charge is 2.18. The summed E-state index contributed by atoms with van der Waals surface area (Å²) < 4.78 is 0. The highest BCUT2D eigenvalue weighted by molar-refractivity contribution is 4.77. The molecule has 0 aromatic carbocycles. The van der Waals surface area contributed by atoms with Crippen LogP contribution in [0.25, 0.3) is 0 Å². The molecule has 12 heavy (non-hydrogen) atoms. The van der Waals surface area contributed by atoms with Crippen LogP contribution >= 0.6 is 0 Å². The molecule has 2 aliphatic rings. The number of rotatable bonds is 2. The van der Waals surface area contributed by atoms with Crippen molar-refractivity contribution in [2.75, 3.05) is 45.8 Å². The summed E-state index contributed by atoms with van der Waals surface area (Å²) in [5.74, 6) is 0.920. The predicted molar refractivity (Wildman–Crippen MR) is 50.3 cm³/mol. The third-order valence-corrected chi connectivity index (χ3v) is 2.89. The van der Waals surface area contributed by atoms with Crippen molar-refractivity contribution >= 4 is 0 Å². The summed E-state index contributed by atoms with van der Waals surface area (Å²) in [6, 6.07) is 0. The fourth-order valence-corrected chi connectivity index (χ4v) is 2.13. The highest BCUT2D eigenvalue weighted by Crippen LogP contribution is 2.09. The van der Waals surface area contributed by atoms with Gasteiger partial charge in [-0.05, 0) is 25.4 Å². The molecule has 0 aromatic rings. The number of nitrogens with one attached hydrogen (secondary N) is 2. The van der Waals surface area contributed by atoms with E-state index in [4.69, 9.17) is 0 Å². The third-order valence-electron chi connectivity index (χ3n) is 2.89. The summed E-state index contributed by atoms with van der Waals surface area (Å²) in [6.07, 6.45) is 1.38. The van der Waals surface area contributed by atoms with Gasteiger partial charge in [0.2, 0.25) is 0 Å². The first-order valence-corrected chi connectivity index (χ1v) is 5.09. The standard InChI is InChI=1S/C9H19N3/c1-2-11-7-9(1)8-12-5-3-10-4-6-12/h9-11H,1-8H2/t9-/m0/s1. The molecule has 0 aromatic heterocycles. The maximum absolute atomic E-state index is 3.42. The number of nitrogens with zero attached hydrogens (tertiary/aromatic N) is 1. The van der Waals surface area contributed by atoms with Gasteiger partial charge in [-0.3, -0.25) is 0 Å². The van der Waals surface area contributed by atoms with Crippen LogP contribution in [0.3, 0.4) is 0 Å². The number of hydrogen-bond acceptors (Lipinski definition) is 3. The zero-order chi connectivity index (χ0) is 8.23. The monoisotopic (exact) mass is 169 g/mol. The van der Waals surface area contributed by atoms with E-state index < -0.39 is 0 Å². The summed E-state index contributed by atoms with van der Waals surface area (Å²) >= 11 is 0. The molecule has 2 N–H and O–H groups in total. The molecule has 0 unspecified atom stereocenters. The fourth-order valence-electron chi connectivity index (χ4n) is 2.13. The van der Waals surface area contributed by atoms with Gasteiger partial charge in [-0.25, -0.2) is 0 Å².